The Balaban J connectivity index is 0.000000134. The number of carbonyl (C=O) groups excluding carboxylic acids is 4. The van der Waals surface area contributed by atoms with Crippen molar-refractivity contribution in [3.63, 3.8) is 0 Å². The van der Waals surface area contributed by atoms with Gasteiger partial charge in [-0.2, -0.15) is 0 Å². The maximum absolute atomic E-state index is 13.8. The molecule has 1 saturated carbocycles. The second-order valence-corrected chi connectivity index (χ2v) is 28.9. The number of rotatable bonds is 25. The Hall–Kier alpha value is -13.7. The van der Waals surface area contributed by atoms with Crippen molar-refractivity contribution in [2.45, 2.75) is 110 Å². The van der Waals surface area contributed by atoms with Gasteiger partial charge in [0.15, 0.2) is 11.4 Å². The number of carbonyl (C=O) groups is 4. The van der Waals surface area contributed by atoms with E-state index in [1.807, 2.05) is 175 Å². The molecule has 1 aliphatic rings. The maximum Gasteiger partial charge on any atom is 0.255 e. The number of aryl methyl sites for hydroxylation is 1. The second-order valence-electron chi connectivity index (χ2n) is 28.9. The highest BCUT2D eigenvalue weighted by atomic mass is 19.1. The van der Waals surface area contributed by atoms with Gasteiger partial charge in [-0.1, -0.05) is 122 Å². The average Bonchev–Trinajstić information content (AvgIpc) is 1.73. The van der Waals surface area contributed by atoms with Gasteiger partial charge in [0.05, 0.1) is 23.2 Å². The van der Waals surface area contributed by atoms with Crippen LogP contribution in [0.25, 0.3) is 22.6 Å². The van der Waals surface area contributed by atoms with Crippen LogP contribution in [-0.2, 0) is 43.9 Å². The zero-order valence-corrected chi connectivity index (χ0v) is 64.1. The summed E-state index contributed by atoms with van der Waals surface area (Å²) in [6, 6.07) is 64.2. The van der Waals surface area contributed by atoms with Gasteiger partial charge in [-0.3, -0.25) is 23.6 Å². The van der Waals surface area contributed by atoms with Crippen molar-refractivity contribution in [3.05, 3.63) is 365 Å². The number of benzene rings is 7. The van der Waals surface area contributed by atoms with E-state index in [1.165, 1.54) is 50.3 Å². The predicted octanol–water partition coefficient (Wildman–Crippen LogP) is 17.9. The lowest BCUT2D eigenvalue weighted by molar-refractivity contribution is 0.0903. The molecule has 0 radical (unpaired) electrons. The van der Waals surface area contributed by atoms with E-state index in [0.29, 0.717) is 92.8 Å². The highest BCUT2D eigenvalue weighted by Crippen LogP contribution is 2.30. The van der Waals surface area contributed by atoms with Crippen molar-refractivity contribution in [1.82, 2.24) is 58.7 Å². The summed E-state index contributed by atoms with van der Waals surface area (Å²) in [5.74, 6) is 2.06. The van der Waals surface area contributed by atoms with Gasteiger partial charge in [-0.25, -0.2) is 28.1 Å². The van der Waals surface area contributed by atoms with Gasteiger partial charge < -0.3 is 48.1 Å². The maximum atomic E-state index is 13.8. The Morgan fingerprint density at radius 1 is 0.435 bits per heavy atom. The van der Waals surface area contributed by atoms with Gasteiger partial charge in [0.25, 0.3) is 17.7 Å². The molecular formula is C92H87F3N12O8. The van der Waals surface area contributed by atoms with Crippen molar-refractivity contribution in [2.75, 3.05) is 6.61 Å². The molecule has 23 heteroatoms. The number of pyridine rings is 4. The minimum atomic E-state index is -0.643. The van der Waals surface area contributed by atoms with Crippen LogP contribution in [0.5, 0.6) is 23.0 Å². The lowest BCUT2D eigenvalue weighted by Gasteiger charge is -2.28. The highest BCUT2D eigenvalue weighted by Gasteiger charge is 2.27. The Morgan fingerprint density at radius 3 is 1.38 bits per heavy atom. The van der Waals surface area contributed by atoms with Crippen molar-refractivity contribution in [3.8, 4) is 23.0 Å². The number of imidazole rings is 3. The zero-order valence-electron chi connectivity index (χ0n) is 64.1. The zero-order chi connectivity index (χ0) is 80.1. The number of nitrogens with one attached hydrogen (secondary N) is 3. The first kappa shape index (κ1) is 79.4. The van der Waals surface area contributed by atoms with E-state index >= 15 is 0 Å². The van der Waals surface area contributed by atoms with Gasteiger partial charge in [0, 0.05) is 108 Å². The number of ether oxygens (including phenoxy) is 4. The number of ketones is 1. The number of halogens is 3. The Bertz CT molecular complexity index is 5850. The van der Waals surface area contributed by atoms with Crippen LogP contribution < -0.4 is 34.9 Å². The normalized spacial score (nSPS) is 12.1. The van der Waals surface area contributed by atoms with Crippen LogP contribution >= 0.6 is 0 Å². The minimum absolute atomic E-state index is 0.0724. The van der Waals surface area contributed by atoms with E-state index in [0.717, 1.165) is 45.9 Å². The fraction of sp³-hybridized carbons (Fsp3) is 0.207. The smallest absolute Gasteiger partial charge is 0.255 e. The average molecular weight is 1550 g/mol. The Morgan fingerprint density at radius 2 is 0.878 bits per heavy atom. The fourth-order valence-electron chi connectivity index (χ4n) is 13.1. The van der Waals surface area contributed by atoms with Crippen LogP contribution in [0.2, 0.25) is 0 Å². The summed E-state index contributed by atoms with van der Waals surface area (Å²) >= 11 is 0. The van der Waals surface area contributed by atoms with Crippen LogP contribution in [0, 0.1) is 23.4 Å². The second kappa shape index (κ2) is 37.5. The van der Waals surface area contributed by atoms with Crippen LogP contribution in [0.3, 0.4) is 0 Å². The minimum Gasteiger partial charge on any atom is -0.493 e. The standard InChI is InChI=1S/C24H22FN3O2.C24H29N3O2.C23H19FN2O2.C21H17FN4O2/c1-24(2,27-23(29)17-10-12-28-13-11-26-22(28)14-17)19-7-5-8-20(15-19)30-16-18-6-3-4-9-21(18)25;1-24(2,26-23(28)19-11-13-27-14-12-25-22(27)15-19)20-9-6-10-21(16-20)29-17-18-7-4-3-5-8-18;24-21-7-2-1-5-19(21)16-28-20-6-3-4-17(14-20)8-9-22(27)18-10-12-26-13-11-25-23(26)15-18;22-19-9-2-1-6-16(19)13-28-17-7-3-5-15(11-17)12-23-21(27)18-8-4-10-26-14-24-25-20(18)26/h3-15H,16H2,1-2H3,(H,27,29);6,9-16,18H,3-5,7-8,17H2,1-2H3,(H,26,28);1-7,10-15H,8-9,16H2;1-11,14H,12-13H2,(H,23,27). The number of amides is 3. The largest absolute Gasteiger partial charge is 0.493 e. The van der Waals surface area contributed by atoms with Gasteiger partial charge in [-0.05, 0) is 190 Å². The molecule has 0 saturated heterocycles. The summed E-state index contributed by atoms with van der Waals surface area (Å²) in [5, 5.41) is 16.9. The first-order valence-electron chi connectivity index (χ1n) is 38.0. The molecule has 3 amide bonds. The number of fused-ring (bicyclic) bond motifs is 4. The molecular weight excluding hydrogens is 1460 g/mol. The molecule has 7 aromatic carbocycles. The van der Waals surface area contributed by atoms with Crippen molar-refractivity contribution in [1.29, 1.82) is 0 Å². The van der Waals surface area contributed by atoms with E-state index in [-0.39, 0.29) is 60.8 Å². The van der Waals surface area contributed by atoms with Crippen LogP contribution in [0.15, 0.2) is 287 Å². The summed E-state index contributed by atoms with van der Waals surface area (Å²) < 4.78 is 71.7. The molecule has 115 heavy (non-hydrogen) atoms. The molecule has 16 rings (SSSR count). The molecule has 0 atom stereocenters. The van der Waals surface area contributed by atoms with E-state index in [2.05, 4.69) is 41.1 Å². The summed E-state index contributed by atoms with van der Waals surface area (Å²) in [7, 11) is 0. The summed E-state index contributed by atoms with van der Waals surface area (Å²) in [6.07, 6.45) is 27.0. The molecule has 1 fully saturated rings. The van der Waals surface area contributed by atoms with Gasteiger partial charge in [-0.15, -0.1) is 10.2 Å². The monoisotopic (exact) mass is 1540 g/mol. The highest BCUT2D eigenvalue weighted by molar-refractivity contribution is 6.00. The van der Waals surface area contributed by atoms with E-state index in [1.54, 1.807) is 139 Å². The molecule has 8 heterocycles. The van der Waals surface area contributed by atoms with Crippen molar-refractivity contribution in [2.24, 2.45) is 5.92 Å². The predicted molar refractivity (Wildman–Crippen MR) is 433 cm³/mol. The molecule has 0 unspecified atom stereocenters. The van der Waals surface area contributed by atoms with Crippen LogP contribution in [-0.4, -0.2) is 72.9 Å². The summed E-state index contributed by atoms with van der Waals surface area (Å²) in [5.41, 5.74) is 9.07. The van der Waals surface area contributed by atoms with Crippen molar-refractivity contribution >= 4 is 46.1 Å². The third kappa shape index (κ3) is 21.5. The molecule has 8 aromatic heterocycles. The lowest BCUT2D eigenvalue weighted by atomic mass is 9.90. The molecule has 15 aromatic rings. The van der Waals surface area contributed by atoms with Gasteiger partial charge >= 0.3 is 0 Å². The van der Waals surface area contributed by atoms with E-state index in [4.69, 9.17) is 18.9 Å². The summed E-state index contributed by atoms with van der Waals surface area (Å²) in [4.78, 5) is 63.3. The molecule has 3 N–H and O–H groups in total. The first-order valence-corrected chi connectivity index (χ1v) is 38.0. The number of hydrogen-bond donors (Lipinski definition) is 3. The fourth-order valence-corrected chi connectivity index (χ4v) is 13.1. The molecule has 0 aliphatic heterocycles. The topological polar surface area (TPSA) is 223 Å². The number of aromatic nitrogens is 9. The Kier molecular flexibility index (Phi) is 25.9. The van der Waals surface area contributed by atoms with Crippen LogP contribution in [0.1, 0.15) is 147 Å². The number of Topliss-reactive ketones (excluding diaryl/α,β-unsaturated/α-hetero) is 1. The number of nitrogens with zero attached hydrogens (tertiary/aromatic N) is 9. The Labute approximate surface area is 663 Å². The third-order valence-electron chi connectivity index (χ3n) is 19.7. The lowest BCUT2D eigenvalue weighted by Crippen LogP contribution is -2.41. The quantitative estimate of drug-likeness (QED) is 0.0454. The van der Waals surface area contributed by atoms with E-state index in [9.17, 15) is 32.3 Å². The molecule has 584 valence electrons. The first-order chi connectivity index (χ1) is 55.8. The van der Waals surface area contributed by atoms with E-state index < -0.39 is 11.1 Å². The molecule has 0 spiro atoms. The summed E-state index contributed by atoms with van der Waals surface area (Å²) in [6.45, 7) is 9.41. The van der Waals surface area contributed by atoms with Crippen molar-refractivity contribution < 1.29 is 51.3 Å². The molecule has 20 nitrogen and oxygen atoms in total. The van der Waals surface area contributed by atoms with Crippen LogP contribution in [0.4, 0.5) is 13.2 Å². The number of hydrogen-bond acceptors (Lipinski definition) is 13. The SMILES string of the molecule is CC(C)(NC(=O)c1ccn2ccnc2c1)c1cccc(OCC2CCCCC2)c1.CC(C)(NC(=O)c1ccn2ccnc2c1)c1cccc(OCc2ccccc2F)c1.O=C(CCc1cccc(OCc2ccccc2F)c1)c1ccn2ccnc2c1.O=C(NCc1cccc(OCc2ccccc2F)c1)c1cccn2cnnc12. The van der Waals surface area contributed by atoms with Gasteiger partial charge in [0.1, 0.15) is 83.5 Å². The van der Waals surface area contributed by atoms with Gasteiger partial charge in [0.2, 0.25) is 0 Å². The molecule has 0 bridgehead atoms. The third-order valence-corrected chi connectivity index (χ3v) is 19.7. The molecule has 1 aliphatic carbocycles.